The van der Waals surface area contributed by atoms with E-state index in [0.717, 1.165) is 0 Å². The maximum Gasteiger partial charge on any atom is 0.337 e. The molecule has 0 atom stereocenters. The van der Waals surface area contributed by atoms with Crippen molar-refractivity contribution in [2.24, 2.45) is 0 Å². The van der Waals surface area contributed by atoms with Gasteiger partial charge in [-0.15, -0.1) is 0 Å². The van der Waals surface area contributed by atoms with Gasteiger partial charge in [0.1, 0.15) is 0 Å². The number of carbonyl (C=O) groups excluding carboxylic acids is 1. The molecule has 0 radical (unpaired) electrons. The predicted molar refractivity (Wildman–Crippen MR) is 44.3 cm³/mol. The van der Waals surface area contributed by atoms with E-state index in [0.29, 0.717) is 6.47 Å². The first kappa shape index (κ1) is 11.1. The lowest BCUT2D eigenvalue weighted by Gasteiger charge is -1.87. The summed E-state index contributed by atoms with van der Waals surface area (Å²) in [5, 5.41) is 8.34. The van der Waals surface area contributed by atoms with Crippen molar-refractivity contribution in [2.45, 2.75) is 0 Å². The maximum atomic E-state index is 10.2. The van der Waals surface area contributed by atoms with Crippen molar-refractivity contribution in [3.63, 3.8) is 0 Å². The van der Waals surface area contributed by atoms with Crippen LogP contribution < -0.4 is 0 Å². The van der Waals surface area contributed by atoms with E-state index in [2.05, 4.69) is 9.72 Å². The third kappa shape index (κ3) is 5.37. The molecule has 0 fully saturated rings. The summed E-state index contributed by atoms with van der Waals surface area (Å²) in [7, 11) is 1.31. The zero-order valence-corrected chi connectivity index (χ0v) is 7.01. The average molecular weight is 183 g/mol. The molecule has 1 N–H and O–H groups in total. The van der Waals surface area contributed by atoms with E-state index in [1.165, 1.54) is 25.6 Å². The molecule has 0 aliphatic rings. The molecule has 0 aromatic carbocycles. The van der Waals surface area contributed by atoms with Crippen molar-refractivity contribution < 1.29 is 19.4 Å². The van der Waals surface area contributed by atoms with E-state index < -0.39 is 5.97 Å². The minimum absolute atomic E-state index is 0.220. The standard InChI is InChI=1S/C6H5NO2.C2H4O2/c8-6(9)5-2-1-3-7-4-5;1-4-2-3/h1-4H,(H,8,9);2H,1H3. The average Bonchev–Trinajstić information content (AvgIpc) is 2.19. The second kappa shape index (κ2) is 6.78. The molecule has 0 spiro atoms. The Kier molecular flexibility index (Phi) is 5.78. The number of aromatic nitrogens is 1. The van der Waals surface area contributed by atoms with Gasteiger partial charge in [0.05, 0.1) is 12.7 Å². The highest BCUT2D eigenvalue weighted by molar-refractivity contribution is 5.86. The summed E-state index contributed by atoms with van der Waals surface area (Å²) in [6.07, 6.45) is 2.84. The van der Waals surface area contributed by atoms with E-state index in [-0.39, 0.29) is 5.56 Å². The first-order valence-corrected chi connectivity index (χ1v) is 3.32. The number of methoxy groups -OCH3 is 1. The van der Waals surface area contributed by atoms with Gasteiger partial charge in [0.2, 0.25) is 0 Å². The van der Waals surface area contributed by atoms with Gasteiger partial charge in [0.15, 0.2) is 0 Å². The normalized spacial score (nSPS) is 7.77. The van der Waals surface area contributed by atoms with Crippen LogP contribution >= 0.6 is 0 Å². The van der Waals surface area contributed by atoms with E-state index in [1.54, 1.807) is 6.07 Å². The Morgan fingerprint density at radius 2 is 2.31 bits per heavy atom. The number of carboxylic acids is 1. The molecule has 0 aliphatic heterocycles. The molecule has 70 valence electrons. The molecule has 0 amide bonds. The quantitative estimate of drug-likeness (QED) is 0.678. The number of carbonyl (C=O) groups is 2. The van der Waals surface area contributed by atoms with Gasteiger partial charge in [-0.3, -0.25) is 9.78 Å². The molecule has 0 saturated heterocycles. The first-order valence-electron chi connectivity index (χ1n) is 3.32. The summed E-state index contributed by atoms with van der Waals surface area (Å²) in [4.78, 5) is 22.7. The zero-order chi connectivity index (χ0) is 10.1. The molecule has 1 heterocycles. The number of aromatic carboxylic acids is 1. The molecule has 13 heavy (non-hydrogen) atoms. The molecule has 1 rings (SSSR count). The van der Waals surface area contributed by atoms with Crippen LogP contribution in [0.4, 0.5) is 0 Å². The van der Waals surface area contributed by atoms with Gasteiger partial charge in [-0.25, -0.2) is 4.79 Å². The molecule has 5 nitrogen and oxygen atoms in total. The molecule has 0 unspecified atom stereocenters. The van der Waals surface area contributed by atoms with Gasteiger partial charge in [-0.2, -0.15) is 0 Å². The Morgan fingerprint density at radius 3 is 2.54 bits per heavy atom. The second-order valence-corrected chi connectivity index (χ2v) is 1.88. The van der Waals surface area contributed by atoms with E-state index in [9.17, 15) is 4.79 Å². The summed E-state index contributed by atoms with van der Waals surface area (Å²) in [5.41, 5.74) is 0.220. The Labute approximate surface area is 75.0 Å². The minimum atomic E-state index is -0.942. The Hall–Kier alpha value is -1.91. The van der Waals surface area contributed by atoms with Crippen molar-refractivity contribution in [2.75, 3.05) is 7.11 Å². The highest BCUT2D eigenvalue weighted by Gasteiger charge is 1.97. The summed E-state index contributed by atoms with van der Waals surface area (Å²) < 4.78 is 3.86. The Balaban J connectivity index is 0.000000310. The first-order chi connectivity index (χ1) is 6.22. The van der Waals surface area contributed by atoms with E-state index in [4.69, 9.17) is 9.90 Å². The topological polar surface area (TPSA) is 76.5 Å². The molecule has 0 saturated carbocycles. The lowest BCUT2D eigenvalue weighted by atomic mass is 10.3. The van der Waals surface area contributed by atoms with E-state index >= 15 is 0 Å². The lowest BCUT2D eigenvalue weighted by Crippen LogP contribution is -1.94. The maximum absolute atomic E-state index is 10.2. The fourth-order valence-electron chi connectivity index (χ4n) is 0.489. The van der Waals surface area contributed by atoms with Gasteiger partial charge in [0.25, 0.3) is 6.47 Å². The SMILES string of the molecule is COC=O.O=C(O)c1cccnc1. The predicted octanol–water partition coefficient (Wildman–Crippen LogP) is 0.569. The van der Waals surface area contributed by atoms with E-state index in [1.807, 2.05) is 0 Å². The van der Waals surface area contributed by atoms with Gasteiger partial charge < -0.3 is 9.84 Å². The van der Waals surface area contributed by atoms with Gasteiger partial charge in [-0.05, 0) is 12.1 Å². The fraction of sp³-hybridized carbons (Fsp3) is 0.125. The second-order valence-electron chi connectivity index (χ2n) is 1.88. The molecule has 1 aromatic heterocycles. The molecule has 1 aromatic rings. The molecule has 0 bridgehead atoms. The van der Waals surface area contributed by atoms with Crippen LogP contribution in [0.2, 0.25) is 0 Å². The van der Waals surface area contributed by atoms with Crippen LogP contribution in [0.1, 0.15) is 10.4 Å². The van der Waals surface area contributed by atoms with Crippen LogP contribution in [0.25, 0.3) is 0 Å². The zero-order valence-electron chi connectivity index (χ0n) is 7.01. The Morgan fingerprint density at radius 1 is 1.69 bits per heavy atom. The van der Waals surface area contributed by atoms with Crippen LogP contribution in [0, 0.1) is 0 Å². The van der Waals surface area contributed by atoms with Crippen LogP contribution in [0.3, 0.4) is 0 Å². The largest absolute Gasteiger partial charge is 0.478 e. The van der Waals surface area contributed by atoms with Crippen LogP contribution in [0.5, 0.6) is 0 Å². The number of hydrogen-bond donors (Lipinski definition) is 1. The van der Waals surface area contributed by atoms with Crippen LogP contribution in [-0.4, -0.2) is 29.6 Å². The molecular formula is C8H9NO4. The fourth-order valence-corrected chi connectivity index (χ4v) is 0.489. The molecule has 5 heteroatoms. The van der Waals surface area contributed by atoms with Gasteiger partial charge in [0, 0.05) is 12.4 Å². The third-order valence-corrected chi connectivity index (χ3v) is 1.00. The third-order valence-electron chi connectivity index (χ3n) is 1.00. The Bertz CT molecular complexity index is 260. The van der Waals surface area contributed by atoms with Crippen LogP contribution in [0.15, 0.2) is 24.5 Å². The van der Waals surface area contributed by atoms with Crippen molar-refractivity contribution in [1.82, 2.24) is 4.98 Å². The van der Waals surface area contributed by atoms with Gasteiger partial charge in [-0.1, -0.05) is 0 Å². The lowest BCUT2D eigenvalue weighted by molar-refractivity contribution is -0.126. The van der Waals surface area contributed by atoms with Crippen molar-refractivity contribution >= 4 is 12.4 Å². The summed E-state index contributed by atoms with van der Waals surface area (Å²) >= 11 is 0. The molecular weight excluding hydrogens is 174 g/mol. The van der Waals surface area contributed by atoms with Crippen molar-refractivity contribution in [3.8, 4) is 0 Å². The van der Waals surface area contributed by atoms with Gasteiger partial charge >= 0.3 is 5.97 Å². The number of nitrogens with zero attached hydrogens (tertiary/aromatic N) is 1. The smallest absolute Gasteiger partial charge is 0.337 e. The number of rotatable bonds is 2. The van der Waals surface area contributed by atoms with Crippen molar-refractivity contribution in [3.05, 3.63) is 30.1 Å². The highest BCUT2D eigenvalue weighted by Crippen LogP contribution is 1.92. The number of hydrogen-bond acceptors (Lipinski definition) is 4. The highest BCUT2D eigenvalue weighted by atomic mass is 16.5. The molecule has 0 aliphatic carbocycles. The number of pyridine rings is 1. The summed E-state index contributed by atoms with van der Waals surface area (Å²) in [6, 6.07) is 3.08. The summed E-state index contributed by atoms with van der Waals surface area (Å²) in [5.74, 6) is -0.942. The number of ether oxygens (including phenoxy) is 1. The summed E-state index contributed by atoms with van der Waals surface area (Å²) in [6.45, 7) is 0.375. The number of carboxylic acid groups (broad SMARTS) is 1. The van der Waals surface area contributed by atoms with Crippen molar-refractivity contribution in [1.29, 1.82) is 0 Å². The monoisotopic (exact) mass is 183 g/mol. The van der Waals surface area contributed by atoms with Crippen LogP contribution in [-0.2, 0) is 9.53 Å². The minimum Gasteiger partial charge on any atom is -0.478 e.